The predicted octanol–water partition coefficient (Wildman–Crippen LogP) is 3.10. The summed E-state index contributed by atoms with van der Waals surface area (Å²) in [5.74, 6) is 0.0896. The molecule has 4 N–H and O–H groups in total. The Morgan fingerprint density at radius 2 is 2.15 bits per heavy atom. The van der Waals surface area contributed by atoms with Gasteiger partial charge in [0.15, 0.2) is 5.13 Å². The van der Waals surface area contributed by atoms with Crippen molar-refractivity contribution in [1.29, 1.82) is 0 Å². The van der Waals surface area contributed by atoms with Crippen LogP contribution in [0.4, 0.5) is 10.9 Å². The number of amides is 1. The molecule has 0 bridgehead atoms. The van der Waals surface area contributed by atoms with Crippen molar-refractivity contribution in [3.8, 4) is 0 Å². The van der Waals surface area contributed by atoms with Crippen molar-refractivity contribution in [2.45, 2.75) is 32.9 Å². The van der Waals surface area contributed by atoms with Gasteiger partial charge in [0.1, 0.15) is 10.7 Å². The molecule has 0 spiro atoms. The molecule has 108 valence electrons. The molecule has 2 aromatic heterocycles. The topological polar surface area (TPSA) is 80.0 Å². The van der Waals surface area contributed by atoms with Crippen LogP contribution in [-0.4, -0.2) is 16.9 Å². The zero-order valence-electron chi connectivity index (χ0n) is 11.6. The highest BCUT2D eigenvalue weighted by Crippen LogP contribution is 2.26. The number of thiophene rings is 1. The molecule has 1 amide bonds. The van der Waals surface area contributed by atoms with E-state index >= 15 is 0 Å². The average molecular weight is 310 g/mol. The molecule has 1 unspecified atom stereocenters. The van der Waals surface area contributed by atoms with Gasteiger partial charge in [-0.3, -0.25) is 4.79 Å². The third-order valence-corrected chi connectivity index (χ3v) is 4.65. The highest BCUT2D eigenvalue weighted by molar-refractivity contribution is 7.18. The summed E-state index contributed by atoms with van der Waals surface area (Å²) in [5, 5.41) is 8.75. The first-order chi connectivity index (χ1) is 9.47. The van der Waals surface area contributed by atoms with E-state index in [0.29, 0.717) is 10.0 Å². The number of nitrogens with two attached hydrogens (primary N) is 1. The Labute approximate surface area is 126 Å². The molecule has 0 aliphatic heterocycles. The van der Waals surface area contributed by atoms with Crippen molar-refractivity contribution in [2.24, 2.45) is 0 Å². The Morgan fingerprint density at radius 3 is 2.75 bits per heavy atom. The largest absolute Gasteiger partial charge is 0.382 e. The van der Waals surface area contributed by atoms with Crippen molar-refractivity contribution < 1.29 is 4.79 Å². The smallest absolute Gasteiger partial charge is 0.265 e. The van der Waals surface area contributed by atoms with Crippen LogP contribution < -0.4 is 16.4 Å². The molecule has 2 aromatic rings. The third kappa shape index (κ3) is 3.49. The van der Waals surface area contributed by atoms with Gasteiger partial charge in [-0.1, -0.05) is 17.4 Å². The number of nitrogens with zero attached hydrogens (tertiary/aromatic N) is 1. The fourth-order valence-electron chi connectivity index (χ4n) is 1.67. The number of carbonyl (C=O) groups excluding carboxylic acids is 1. The SMILES string of the molecule is CC(C)Nc1nc(N)c(C(=O)NC(C)c2cccs2)s1. The normalized spacial score (nSPS) is 12.4. The number of nitrogen functional groups attached to an aromatic ring is 1. The first-order valence-electron chi connectivity index (χ1n) is 6.34. The first kappa shape index (κ1) is 14.8. The van der Waals surface area contributed by atoms with Crippen molar-refractivity contribution in [1.82, 2.24) is 10.3 Å². The van der Waals surface area contributed by atoms with E-state index in [4.69, 9.17) is 5.73 Å². The molecule has 20 heavy (non-hydrogen) atoms. The summed E-state index contributed by atoms with van der Waals surface area (Å²) in [5.41, 5.74) is 5.81. The van der Waals surface area contributed by atoms with Gasteiger partial charge in [-0.25, -0.2) is 4.98 Å². The molecule has 0 aromatic carbocycles. The van der Waals surface area contributed by atoms with Gasteiger partial charge in [-0.2, -0.15) is 0 Å². The summed E-state index contributed by atoms with van der Waals surface area (Å²) in [6, 6.07) is 4.18. The van der Waals surface area contributed by atoms with Gasteiger partial charge < -0.3 is 16.4 Å². The van der Waals surface area contributed by atoms with Gasteiger partial charge in [0, 0.05) is 10.9 Å². The van der Waals surface area contributed by atoms with Crippen LogP contribution in [0.2, 0.25) is 0 Å². The van der Waals surface area contributed by atoms with E-state index in [1.807, 2.05) is 38.3 Å². The fourth-order valence-corrected chi connectivity index (χ4v) is 3.34. The molecule has 7 heteroatoms. The van der Waals surface area contributed by atoms with Crippen molar-refractivity contribution in [3.63, 3.8) is 0 Å². The van der Waals surface area contributed by atoms with Gasteiger partial charge in [0.25, 0.3) is 5.91 Å². The number of nitrogens with one attached hydrogen (secondary N) is 2. The lowest BCUT2D eigenvalue weighted by Gasteiger charge is -2.11. The lowest BCUT2D eigenvalue weighted by molar-refractivity contribution is 0.0945. The predicted molar refractivity (Wildman–Crippen MR) is 85.5 cm³/mol. The van der Waals surface area contributed by atoms with E-state index < -0.39 is 0 Å². The Bertz CT molecular complexity index is 577. The van der Waals surface area contributed by atoms with E-state index in [1.54, 1.807) is 11.3 Å². The van der Waals surface area contributed by atoms with Gasteiger partial charge in [0.2, 0.25) is 0 Å². The van der Waals surface area contributed by atoms with E-state index in [9.17, 15) is 4.79 Å². The molecule has 2 heterocycles. The second-order valence-electron chi connectivity index (χ2n) is 4.74. The molecule has 1 atom stereocenters. The van der Waals surface area contributed by atoms with E-state index in [2.05, 4.69) is 15.6 Å². The molecule has 0 saturated heterocycles. The average Bonchev–Trinajstić information content (AvgIpc) is 2.97. The van der Waals surface area contributed by atoms with Crippen LogP contribution >= 0.6 is 22.7 Å². The molecule has 0 aliphatic carbocycles. The maximum Gasteiger partial charge on any atom is 0.265 e. The summed E-state index contributed by atoms with van der Waals surface area (Å²) < 4.78 is 0. The summed E-state index contributed by atoms with van der Waals surface area (Å²) in [4.78, 5) is 18.0. The molecule has 0 saturated carbocycles. The number of carbonyl (C=O) groups is 1. The van der Waals surface area contributed by atoms with E-state index in [0.717, 1.165) is 4.88 Å². The van der Waals surface area contributed by atoms with Crippen LogP contribution in [0.1, 0.15) is 41.4 Å². The number of thiazole rings is 1. The Morgan fingerprint density at radius 1 is 1.40 bits per heavy atom. The van der Waals surface area contributed by atoms with Crippen LogP contribution in [0.25, 0.3) is 0 Å². The Hall–Kier alpha value is -1.60. The van der Waals surface area contributed by atoms with Crippen molar-refractivity contribution >= 4 is 39.5 Å². The minimum Gasteiger partial charge on any atom is -0.382 e. The van der Waals surface area contributed by atoms with Crippen LogP contribution in [0.3, 0.4) is 0 Å². The molecule has 0 aliphatic rings. The van der Waals surface area contributed by atoms with Crippen molar-refractivity contribution in [2.75, 3.05) is 11.1 Å². The number of anilines is 2. The zero-order valence-corrected chi connectivity index (χ0v) is 13.3. The van der Waals surface area contributed by atoms with Crippen LogP contribution in [0, 0.1) is 0 Å². The minimum atomic E-state index is -0.183. The van der Waals surface area contributed by atoms with Gasteiger partial charge in [-0.05, 0) is 32.2 Å². The number of hydrogen-bond donors (Lipinski definition) is 3. The zero-order chi connectivity index (χ0) is 14.7. The Kier molecular flexibility index (Phi) is 4.61. The summed E-state index contributed by atoms with van der Waals surface area (Å²) in [6.45, 7) is 5.97. The van der Waals surface area contributed by atoms with Gasteiger partial charge in [0.05, 0.1) is 6.04 Å². The van der Waals surface area contributed by atoms with Crippen LogP contribution in [-0.2, 0) is 0 Å². The lowest BCUT2D eigenvalue weighted by atomic mass is 10.2. The summed E-state index contributed by atoms with van der Waals surface area (Å²) >= 11 is 2.89. The second kappa shape index (κ2) is 6.23. The monoisotopic (exact) mass is 310 g/mol. The first-order valence-corrected chi connectivity index (χ1v) is 8.04. The van der Waals surface area contributed by atoms with Gasteiger partial charge >= 0.3 is 0 Å². The number of hydrogen-bond acceptors (Lipinski definition) is 6. The standard InChI is InChI=1S/C13H18N4OS2/c1-7(2)15-13-17-11(14)10(20-13)12(18)16-8(3)9-5-4-6-19-9/h4-8H,14H2,1-3H3,(H,15,17)(H,16,18). The molecule has 0 radical (unpaired) electrons. The van der Waals surface area contributed by atoms with Crippen LogP contribution in [0.5, 0.6) is 0 Å². The minimum absolute atomic E-state index is 0.0366. The maximum absolute atomic E-state index is 12.2. The van der Waals surface area contributed by atoms with Crippen LogP contribution in [0.15, 0.2) is 17.5 Å². The molecular formula is C13H18N4OS2. The van der Waals surface area contributed by atoms with Crippen molar-refractivity contribution in [3.05, 3.63) is 27.3 Å². The highest BCUT2D eigenvalue weighted by Gasteiger charge is 2.19. The number of rotatable bonds is 5. The molecule has 2 rings (SSSR count). The molecular weight excluding hydrogens is 292 g/mol. The van der Waals surface area contributed by atoms with E-state index in [1.165, 1.54) is 11.3 Å². The van der Waals surface area contributed by atoms with Gasteiger partial charge in [-0.15, -0.1) is 11.3 Å². The second-order valence-corrected chi connectivity index (χ2v) is 6.72. The molecule has 5 nitrogen and oxygen atoms in total. The molecule has 0 fully saturated rings. The number of aromatic nitrogens is 1. The highest BCUT2D eigenvalue weighted by atomic mass is 32.1. The van der Waals surface area contributed by atoms with E-state index in [-0.39, 0.29) is 23.8 Å². The quantitative estimate of drug-likeness (QED) is 0.793. The summed E-state index contributed by atoms with van der Waals surface area (Å²) in [7, 11) is 0. The maximum atomic E-state index is 12.2. The summed E-state index contributed by atoms with van der Waals surface area (Å²) in [6.07, 6.45) is 0. The fraction of sp³-hybridized carbons (Fsp3) is 0.385. The Balaban J connectivity index is 2.07. The lowest BCUT2D eigenvalue weighted by Crippen LogP contribution is -2.26. The third-order valence-electron chi connectivity index (χ3n) is 2.59.